The van der Waals surface area contributed by atoms with Crippen LogP contribution in [0.1, 0.15) is 44.4 Å². The number of benzene rings is 3. The van der Waals surface area contributed by atoms with E-state index in [1.807, 2.05) is 80.6 Å². The molecular weight excluding hydrogens is 424 g/mol. The summed E-state index contributed by atoms with van der Waals surface area (Å²) < 4.78 is 5.40. The number of aryl methyl sites for hydroxylation is 2. The molecule has 0 aliphatic rings. The number of amides is 2. The Balaban J connectivity index is 1.65. The molecule has 0 unspecified atom stereocenters. The van der Waals surface area contributed by atoms with Crippen LogP contribution in [0.15, 0.2) is 107 Å². The predicted molar refractivity (Wildman–Crippen MR) is 133 cm³/mol. The van der Waals surface area contributed by atoms with Crippen molar-refractivity contribution in [1.29, 1.82) is 0 Å². The van der Waals surface area contributed by atoms with E-state index >= 15 is 0 Å². The lowest BCUT2D eigenvalue weighted by Gasteiger charge is -2.21. The lowest BCUT2D eigenvalue weighted by atomic mass is 9.97. The Bertz CT molecular complexity index is 1290. The molecule has 0 bridgehead atoms. The minimum Gasteiger partial charge on any atom is -0.465 e. The van der Waals surface area contributed by atoms with E-state index in [9.17, 15) is 9.59 Å². The van der Waals surface area contributed by atoms with Gasteiger partial charge < -0.3 is 15.1 Å². The van der Waals surface area contributed by atoms with Crippen LogP contribution in [-0.4, -0.2) is 11.8 Å². The minimum absolute atomic E-state index is 0.0921. The van der Waals surface area contributed by atoms with Crippen molar-refractivity contribution >= 4 is 17.9 Å². The van der Waals surface area contributed by atoms with Gasteiger partial charge in [-0.3, -0.25) is 9.59 Å². The molecule has 5 nitrogen and oxygen atoms in total. The monoisotopic (exact) mass is 450 g/mol. The van der Waals surface area contributed by atoms with Gasteiger partial charge in [-0.15, -0.1) is 0 Å². The maximum atomic E-state index is 13.5. The fourth-order valence-corrected chi connectivity index (χ4v) is 3.63. The second-order valence-electron chi connectivity index (χ2n) is 8.12. The number of carbonyl (C=O) groups is 2. The summed E-state index contributed by atoms with van der Waals surface area (Å²) in [4.78, 5) is 26.4. The van der Waals surface area contributed by atoms with Crippen LogP contribution in [0.2, 0.25) is 0 Å². The minimum atomic E-state index is -0.424. The molecule has 2 amide bonds. The smallest absolute Gasteiger partial charge is 0.268 e. The van der Waals surface area contributed by atoms with E-state index in [4.69, 9.17) is 4.42 Å². The van der Waals surface area contributed by atoms with E-state index < -0.39 is 11.9 Å². The van der Waals surface area contributed by atoms with Crippen LogP contribution in [0.4, 0.5) is 0 Å². The van der Waals surface area contributed by atoms with Crippen molar-refractivity contribution in [2.45, 2.75) is 19.9 Å². The van der Waals surface area contributed by atoms with Crippen molar-refractivity contribution in [2.24, 2.45) is 0 Å². The molecule has 5 heteroatoms. The average Bonchev–Trinajstić information content (AvgIpc) is 3.36. The van der Waals surface area contributed by atoms with Gasteiger partial charge in [0.05, 0.1) is 12.3 Å². The maximum Gasteiger partial charge on any atom is 0.268 e. The van der Waals surface area contributed by atoms with Gasteiger partial charge in [0.15, 0.2) is 0 Å². The third-order valence-electron chi connectivity index (χ3n) is 5.42. The zero-order chi connectivity index (χ0) is 23.9. The van der Waals surface area contributed by atoms with E-state index in [-0.39, 0.29) is 11.6 Å². The molecule has 0 saturated heterocycles. The second-order valence-corrected chi connectivity index (χ2v) is 8.12. The van der Waals surface area contributed by atoms with Crippen molar-refractivity contribution in [3.05, 3.63) is 137 Å². The van der Waals surface area contributed by atoms with Gasteiger partial charge >= 0.3 is 0 Å². The van der Waals surface area contributed by atoms with Crippen molar-refractivity contribution < 1.29 is 14.0 Å². The molecule has 1 atom stereocenters. The van der Waals surface area contributed by atoms with Crippen LogP contribution in [0.5, 0.6) is 0 Å². The molecule has 170 valence electrons. The lowest BCUT2D eigenvalue weighted by Crippen LogP contribution is -2.37. The Labute approximate surface area is 199 Å². The zero-order valence-electron chi connectivity index (χ0n) is 19.1. The quantitative estimate of drug-likeness (QED) is 0.362. The Morgan fingerprint density at radius 3 is 2.21 bits per heavy atom. The molecule has 0 aliphatic heterocycles. The second kappa shape index (κ2) is 10.5. The molecule has 0 radical (unpaired) electrons. The first-order valence-corrected chi connectivity index (χ1v) is 11.1. The van der Waals surface area contributed by atoms with Gasteiger partial charge in [0.1, 0.15) is 11.5 Å². The number of furan rings is 1. The van der Waals surface area contributed by atoms with E-state index in [1.165, 1.54) is 12.3 Å². The predicted octanol–water partition coefficient (Wildman–Crippen LogP) is 5.57. The third-order valence-corrected chi connectivity index (χ3v) is 5.42. The molecule has 4 aromatic rings. The Morgan fingerprint density at radius 1 is 0.794 bits per heavy atom. The molecule has 2 N–H and O–H groups in total. The molecule has 0 spiro atoms. The highest BCUT2D eigenvalue weighted by Crippen LogP contribution is 2.23. The van der Waals surface area contributed by atoms with Gasteiger partial charge in [0.2, 0.25) is 0 Å². The largest absolute Gasteiger partial charge is 0.465 e. The highest BCUT2D eigenvalue weighted by molar-refractivity contribution is 6.05. The normalized spacial score (nSPS) is 12.1. The van der Waals surface area contributed by atoms with Gasteiger partial charge in [-0.05, 0) is 49.2 Å². The number of hydrogen-bond donors (Lipinski definition) is 2. The summed E-state index contributed by atoms with van der Waals surface area (Å²) in [6.45, 7) is 3.93. The number of hydrogen-bond acceptors (Lipinski definition) is 3. The van der Waals surface area contributed by atoms with Gasteiger partial charge in [-0.25, -0.2) is 0 Å². The highest BCUT2D eigenvalue weighted by atomic mass is 16.3. The van der Waals surface area contributed by atoms with Crippen LogP contribution in [0, 0.1) is 13.8 Å². The first-order chi connectivity index (χ1) is 16.5. The summed E-state index contributed by atoms with van der Waals surface area (Å²) in [5.74, 6) is -0.337. The zero-order valence-corrected chi connectivity index (χ0v) is 19.1. The van der Waals surface area contributed by atoms with E-state index in [0.717, 1.165) is 22.3 Å². The SMILES string of the molecule is Cc1ccc([C@H](NC(=O)/C(=C/c2ccco2)NC(=O)c2cccc(C)c2)c2ccccc2)cc1. The Morgan fingerprint density at radius 2 is 1.53 bits per heavy atom. The fraction of sp³-hybridized carbons (Fsp3) is 0.103. The Hall–Kier alpha value is -4.38. The van der Waals surface area contributed by atoms with E-state index in [1.54, 1.807) is 24.3 Å². The summed E-state index contributed by atoms with van der Waals surface area (Å²) in [6, 6.07) is 28.0. The van der Waals surface area contributed by atoms with E-state index in [2.05, 4.69) is 10.6 Å². The van der Waals surface area contributed by atoms with Crippen molar-refractivity contribution in [3.8, 4) is 0 Å². The van der Waals surface area contributed by atoms with Crippen LogP contribution in [0.3, 0.4) is 0 Å². The third kappa shape index (κ3) is 5.70. The first kappa shape index (κ1) is 22.8. The van der Waals surface area contributed by atoms with Crippen LogP contribution in [-0.2, 0) is 4.79 Å². The molecule has 3 aromatic carbocycles. The molecule has 0 aliphatic carbocycles. The number of nitrogens with one attached hydrogen (secondary N) is 2. The van der Waals surface area contributed by atoms with E-state index in [0.29, 0.717) is 11.3 Å². The van der Waals surface area contributed by atoms with Crippen LogP contribution < -0.4 is 10.6 Å². The summed E-state index contributed by atoms with van der Waals surface area (Å²) >= 11 is 0. The van der Waals surface area contributed by atoms with Crippen molar-refractivity contribution in [3.63, 3.8) is 0 Å². The van der Waals surface area contributed by atoms with Crippen LogP contribution >= 0.6 is 0 Å². The Kier molecular flexibility index (Phi) is 7.04. The summed E-state index contributed by atoms with van der Waals surface area (Å²) in [6.07, 6.45) is 3.04. The molecule has 1 heterocycles. The van der Waals surface area contributed by atoms with Crippen molar-refractivity contribution in [1.82, 2.24) is 10.6 Å². The van der Waals surface area contributed by atoms with Crippen LogP contribution in [0.25, 0.3) is 6.08 Å². The fourth-order valence-electron chi connectivity index (χ4n) is 3.63. The maximum absolute atomic E-state index is 13.5. The van der Waals surface area contributed by atoms with Gasteiger partial charge in [-0.2, -0.15) is 0 Å². The van der Waals surface area contributed by atoms with Gasteiger partial charge in [0, 0.05) is 11.6 Å². The summed E-state index contributed by atoms with van der Waals surface area (Å²) in [5.41, 5.74) is 4.52. The van der Waals surface area contributed by atoms with Gasteiger partial charge in [0.25, 0.3) is 11.8 Å². The molecular formula is C29H26N2O3. The molecule has 0 fully saturated rings. The van der Waals surface area contributed by atoms with Crippen molar-refractivity contribution in [2.75, 3.05) is 0 Å². The molecule has 1 aromatic heterocycles. The standard InChI is InChI=1S/C29H26N2O3/c1-20-13-15-23(16-14-20)27(22-9-4-3-5-10-22)31-29(33)26(19-25-12-7-17-34-25)30-28(32)24-11-6-8-21(2)18-24/h3-19,27H,1-2H3,(H,30,32)(H,31,33)/b26-19-/t27-/m1/s1. The summed E-state index contributed by atoms with van der Waals surface area (Å²) in [5, 5.41) is 5.85. The average molecular weight is 451 g/mol. The molecule has 34 heavy (non-hydrogen) atoms. The molecule has 4 rings (SSSR count). The first-order valence-electron chi connectivity index (χ1n) is 11.1. The molecule has 0 saturated carbocycles. The summed E-state index contributed by atoms with van der Waals surface area (Å²) in [7, 11) is 0. The lowest BCUT2D eigenvalue weighted by molar-refractivity contribution is -0.118. The number of rotatable bonds is 7. The van der Waals surface area contributed by atoms with Gasteiger partial charge in [-0.1, -0.05) is 77.9 Å². The number of carbonyl (C=O) groups excluding carboxylic acids is 2. The topological polar surface area (TPSA) is 71.3 Å². The highest BCUT2D eigenvalue weighted by Gasteiger charge is 2.21.